The molecule has 1 rings (SSSR count). The second-order valence-electron chi connectivity index (χ2n) is 4.25. The zero-order chi connectivity index (χ0) is 15.3. The van der Waals surface area contributed by atoms with Crippen LogP contribution in [0.2, 0.25) is 0 Å². The van der Waals surface area contributed by atoms with Gasteiger partial charge in [0, 0.05) is 17.3 Å². The number of halogens is 2. The standard InChI is InChI=1S/C12H16BrFN2O3S/c1-15-4-3-5-16-12(17)9-6-8(13)7-10(11(9)14)20(2,18)19/h6-7,15H,3-5H2,1-2H3,(H,16,17). The van der Waals surface area contributed by atoms with Gasteiger partial charge in [-0.05, 0) is 32.1 Å². The smallest absolute Gasteiger partial charge is 0.254 e. The average molecular weight is 367 g/mol. The summed E-state index contributed by atoms with van der Waals surface area (Å²) < 4.78 is 37.4. The first-order valence-electron chi connectivity index (χ1n) is 5.89. The van der Waals surface area contributed by atoms with E-state index < -0.39 is 26.5 Å². The summed E-state index contributed by atoms with van der Waals surface area (Å²) in [7, 11) is -1.95. The first-order valence-corrected chi connectivity index (χ1v) is 8.57. The molecule has 112 valence electrons. The van der Waals surface area contributed by atoms with Crippen LogP contribution in [0.3, 0.4) is 0 Å². The predicted molar refractivity (Wildman–Crippen MR) is 78.1 cm³/mol. The molecule has 1 aromatic rings. The summed E-state index contributed by atoms with van der Waals surface area (Å²) in [4.78, 5) is 11.4. The van der Waals surface area contributed by atoms with E-state index in [1.807, 2.05) is 0 Å². The third-order valence-electron chi connectivity index (χ3n) is 2.54. The zero-order valence-corrected chi connectivity index (χ0v) is 13.6. The Bertz CT molecular complexity index is 605. The molecule has 0 saturated carbocycles. The lowest BCUT2D eigenvalue weighted by atomic mass is 10.2. The van der Waals surface area contributed by atoms with E-state index in [0.717, 1.165) is 18.9 Å². The lowest BCUT2D eigenvalue weighted by molar-refractivity contribution is 0.0948. The molecule has 1 aromatic carbocycles. The molecule has 5 nitrogen and oxygen atoms in total. The second kappa shape index (κ2) is 7.14. The molecule has 0 fully saturated rings. The van der Waals surface area contributed by atoms with Crippen LogP contribution in [0.4, 0.5) is 4.39 Å². The van der Waals surface area contributed by atoms with Gasteiger partial charge in [0.05, 0.1) is 5.56 Å². The number of benzene rings is 1. The van der Waals surface area contributed by atoms with Gasteiger partial charge in [0.1, 0.15) is 4.90 Å². The minimum absolute atomic E-state index is 0.288. The van der Waals surface area contributed by atoms with Gasteiger partial charge in [-0.1, -0.05) is 15.9 Å². The molecule has 0 radical (unpaired) electrons. The van der Waals surface area contributed by atoms with Crippen LogP contribution < -0.4 is 10.6 Å². The first-order chi connectivity index (χ1) is 9.27. The van der Waals surface area contributed by atoms with Gasteiger partial charge in [-0.15, -0.1) is 0 Å². The molecule has 0 aliphatic rings. The number of amides is 1. The number of carbonyl (C=O) groups excluding carboxylic acids is 1. The molecule has 20 heavy (non-hydrogen) atoms. The maximum absolute atomic E-state index is 14.1. The van der Waals surface area contributed by atoms with E-state index in [-0.39, 0.29) is 5.56 Å². The highest BCUT2D eigenvalue weighted by Crippen LogP contribution is 2.24. The van der Waals surface area contributed by atoms with E-state index in [2.05, 4.69) is 26.6 Å². The summed E-state index contributed by atoms with van der Waals surface area (Å²) in [6.07, 6.45) is 1.59. The van der Waals surface area contributed by atoms with E-state index >= 15 is 0 Å². The van der Waals surface area contributed by atoms with Gasteiger partial charge >= 0.3 is 0 Å². The van der Waals surface area contributed by atoms with Gasteiger partial charge in [0.25, 0.3) is 5.91 Å². The van der Waals surface area contributed by atoms with Crippen LogP contribution in [-0.4, -0.2) is 40.7 Å². The average Bonchev–Trinajstić information content (AvgIpc) is 2.35. The number of hydrogen-bond acceptors (Lipinski definition) is 4. The molecule has 0 aliphatic heterocycles. The lowest BCUT2D eigenvalue weighted by Gasteiger charge is -2.09. The van der Waals surface area contributed by atoms with Crippen molar-refractivity contribution < 1.29 is 17.6 Å². The Morgan fingerprint density at radius 2 is 2.00 bits per heavy atom. The molecular formula is C12H16BrFN2O3S. The van der Waals surface area contributed by atoms with Gasteiger partial charge in [-0.3, -0.25) is 4.79 Å². The van der Waals surface area contributed by atoms with Crippen molar-refractivity contribution in [3.63, 3.8) is 0 Å². The fourth-order valence-electron chi connectivity index (χ4n) is 1.56. The maximum atomic E-state index is 14.1. The summed E-state index contributed by atoms with van der Waals surface area (Å²) in [5.41, 5.74) is -0.288. The third kappa shape index (κ3) is 4.53. The monoisotopic (exact) mass is 366 g/mol. The Labute approximate surface area is 126 Å². The Morgan fingerprint density at radius 3 is 2.55 bits per heavy atom. The molecule has 2 N–H and O–H groups in total. The summed E-state index contributed by atoms with van der Waals surface area (Å²) >= 11 is 3.08. The van der Waals surface area contributed by atoms with Crippen LogP contribution in [0.1, 0.15) is 16.8 Å². The van der Waals surface area contributed by atoms with Crippen LogP contribution in [0.15, 0.2) is 21.5 Å². The van der Waals surface area contributed by atoms with Gasteiger partial charge in [0.15, 0.2) is 15.7 Å². The predicted octanol–water partition coefficient (Wildman–Crippen LogP) is 1.33. The Morgan fingerprint density at radius 1 is 1.35 bits per heavy atom. The first kappa shape index (κ1) is 17.1. The second-order valence-corrected chi connectivity index (χ2v) is 7.15. The molecule has 0 unspecified atom stereocenters. The summed E-state index contributed by atoms with van der Waals surface area (Å²) in [6, 6.07) is 2.40. The van der Waals surface area contributed by atoms with Crippen molar-refractivity contribution in [3.05, 3.63) is 28.0 Å². The molecule has 1 amide bonds. The van der Waals surface area contributed by atoms with E-state index in [0.29, 0.717) is 17.4 Å². The molecule has 0 saturated heterocycles. The number of rotatable bonds is 6. The van der Waals surface area contributed by atoms with Crippen molar-refractivity contribution in [1.29, 1.82) is 0 Å². The van der Waals surface area contributed by atoms with E-state index in [1.165, 1.54) is 6.07 Å². The third-order valence-corrected chi connectivity index (χ3v) is 4.09. The molecule has 0 aromatic heterocycles. The summed E-state index contributed by atoms with van der Waals surface area (Å²) in [5.74, 6) is -1.66. The minimum Gasteiger partial charge on any atom is -0.352 e. The molecule has 0 aliphatic carbocycles. The maximum Gasteiger partial charge on any atom is 0.254 e. The van der Waals surface area contributed by atoms with Crippen molar-refractivity contribution in [2.24, 2.45) is 0 Å². The number of nitrogens with one attached hydrogen (secondary N) is 2. The van der Waals surface area contributed by atoms with Crippen molar-refractivity contribution >= 4 is 31.7 Å². The largest absolute Gasteiger partial charge is 0.352 e. The van der Waals surface area contributed by atoms with Gasteiger partial charge in [0.2, 0.25) is 0 Å². The van der Waals surface area contributed by atoms with Crippen LogP contribution in [0, 0.1) is 5.82 Å². The van der Waals surface area contributed by atoms with E-state index in [4.69, 9.17) is 0 Å². The number of sulfone groups is 1. The van der Waals surface area contributed by atoms with Gasteiger partial charge < -0.3 is 10.6 Å². The molecular weight excluding hydrogens is 351 g/mol. The molecule has 8 heteroatoms. The highest BCUT2D eigenvalue weighted by Gasteiger charge is 2.21. The highest BCUT2D eigenvalue weighted by atomic mass is 79.9. The lowest BCUT2D eigenvalue weighted by Crippen LogP contribution is -2.27. The van der Waals surface area contributed by atoms with Crippen molar-refractivity contribution in [1.82, 2.24) is 10.6 Å². The number of hydrogen-bond donors (Lipinski definition) is 2. The van der Waals surface area contributed by atoms with E-state index in [1.54, 1.807) is 7.05 Å². The van der Waals surface area contributed by atoms with Gasteiger partial charge in [-0.2, -0.15) is 0 Å². The Kier molecular flexibility index (Phi) is 6.09. The van der Waals surface area contributed by atoms with Gasteiger partial charge in [-0.25, -0.2) is 12.8 Å². The normalized spacial score (nSPS) is 11.4. The highest BCUT2D eigenvalue weighted by molar-refractivity contribution is 9.10. The SMILES string of the molecule is CNCCCNC(=O)c1cc(Br)cc(S(C)(=O)=O)c1F. The zero-order valence-electron chi connectivity index (χ0n) is 11.2. The molecule has 0 heterocycles. The van der Waals surface area contributed by atoms with Crippen LogP contribution in [0.25, 0.3) is 0 Å². The summed E-state index contributed by atoms with van der Waals surface area (Å²) in [6.45, 7) is 1.09. The van der Waals surface area contributed by atoms with Crippen LogP contribution in [-0.2, 0) is 9.84 Å². The topological polar surface area (TPSA) is 75.3 Å². The minimum atomic E-state index is -3.74. The Balaban J connectivity index is 3.01. The quantitative estimate of drug-likeness (QED) is 0.744. The Hall–Kier alpha value is -0.990. The molecule has 0 bridgehead atoms. The fourth-order valence-corrected chi connectivity index (χ4v) is 2.95. The summed E-state index contributed by atoms with van der Waals surface area (Å²) in [5, 5.41) is 5.46. The van der Waals surface area contributed by atoms with Crippen LogP contribution in [0.5, 0.6) is 0 Å². The van der Waals surface area contributed by atoms with Crippen LogP contribution >= 0.6 is 15.9 Å². The van der Waals surface area contributed by atoms with Crippen molar-refractivity contribution in [2.45, 2.75) is 11.3 Å². The van der Waals surface area contributed by atoms with E-state index in [9.17, 15) is 17.6 Å². The number of carbonyl (C=O) groups is 1. The molecule has 0 spiro atoms. The molecule has 0 atom stereocenters. The fraction of sp³-hybridized carbons (Fsp3) is 0.417. The van der Waals surface area contributed by atoms with Crippen molar-refractivity contribution in [2.75, 3.05) is 26.4 Å². The van der Waals surface area contributed by atoms with Crippen molar-refractivity contribution in [3.8, 4) is 0 Å².